The normalized spacial score (nSPS) is 29.8. The van der Waals surface area contributed by atoms with Crippen molar-refractivity contribution in [1.82, 2.24) is 0 Å². The monoisotopic (exact) mass is 352 g/mol. The Kier molecular flexibility index (Phi) is 6.32. The zero-order valence-corrected chi connectivity index (χ0v) is 15.4. The van der Waals surface area contributed by atoms with Crippen LogP contribution in [0.1, 0.15) is 70.3 Å². The average Bonchev–Trinajstić information content (AvgIpc) is 3.09. The zero-order chi connectivity index (χ0) is 17.8. The smallest absolute Gasteiger partial charge is 0.200 e. The molecule has 1 aromatic rings. The van der Waals surface area contributed by atoms with Crippen molar-refractivity contribution < 1.29 is 18.3 Å². The van der Waals surface area contributed by atoms with Gasteiger partial charge in [-0.3, -0.25) is 0 Å². The van der Waals surface area contributed by atoms with Crippen molar-refractivity contribution in [2.24, 2.45) is 11.8 Å². The third kappa shape index (κ3) is 4.16. The van der Waals surface area contributed by atoms with E-state index in [4.69, 9.17) is 9.47 Å². The van der Waals surface area contributed by atoms with E-state index in [2.05, 4.69) is 6.92 Å². The van der Waals surface area contributed by atoms with Gasteiger partial charge < -0.3 is 9.47 Å². The fraction of sp³-hybridized carbons (Fsp3) is 0.714. The summed E-state index contributed by atoms with van der Waals surface area (Å²) in [5.74, 6) is 0.0658. The van der Waals surface area contributed by atoms with Gasteiger partial charge in [0.15, 0.2) is 11.6 Å². The minimum absolute atomic E-state index is 0.0188. The Hall–Kier alpha value is -1.16. The summed E-state index contributed by atoms with van der Waals surface area (Å²) in [7, 11) is 0. The lowest BCUT2D eigenvalue weighted by molar-refractivity contribution is 0.0614. The van der Waals surface area contributed by atoms with Crippen LogP contribution in [0.5, 0.6) is 5.75 Å². The van der Waals surface area contributed by atoms with Crippen molar-refractivity contribution in [3.05, 3.63) is 29.3 Å². The SMILES string of the molecule is CCOc1ccc(C2CCC(C3CCC(OCC)C3)CC2)c(F)c1F. The second kappa shape index (κ2) is 8.48. The number of halogens is 2. The quantitative estimate of drug-likeness (QED) is 0.640. The first-order chi connectivity index (χ1) is 12.1. The lowest BCUT2D eigenvalue weighted by Gasteiger charge is -2.32. The van der Waals surface area contributed by atoms with Crippen LogP contribution in [0.15, 0.2) is 12.1 Å². The molecule has 2 fully saturated rings. The third-order valence-electron chi connectivity index (χ3n) is 6.08. The van der Waals surface area contributed by atoms with Gasteiger partial charge >= 0.3 is 0 Å². The molecule has 25 heavy (non-hydrogen) atoms. The first-order valence-corrected chi connectivity index (χ1v) is 9.86. The predicted molar refractivity (Wildman–Crippen MR) is 95.0 cm³/mol. The van der Waals surface area contributed by atoms with Crippen LogP contribution in [-0.4, -0.2) is 19.3 Å². The predicted octanol–water partition coefficient (Wildman–Crippen LogP) is 5.84. The summed E-state index contributed by atoms with van der Waals surface area (Å²) >= 11 is 0. The molecule has 2 nitrogen and oxygen atoms in total. The lowest BCUT2D eigenvalue weighted by atomic mass is 9.73. The minimum Gasteiger partial charge on any atom is -0.491 e. The van der Waals surface area contributed by atoms with E-state index in [1.54, 1.807) is 19.1 Å². The Morgan fingerprint density at radius 1 is 0.880 bits per heavy atom. The lowest BCUT2D eigenvalue weighted by Crippen LogP contribution is -2.21. The van der Waals surface area contributed by atoms with Crippen LogP contribution >= 0.6 is 0 Å². The molecule has 140 valence electrons. The van der Waals surface area contributed by atoms with E-state index < -0.39 is 11.6 Å². The minimum atomic E-state index is -0.836. The Morgan fingerprint density at radius 3 is 2.28 bits per heavy atom. The largest absolute Gasteiger partial charge is 0.491 e. The zero-order valence-electron chi connectivity index (χ0n) is 15.4. The Morgan fingerprint density at radius 2 is 1.60 bits per heavy atom. The molecule has 0 bridgehead atoms. The molecule has 2 aliphatic rings. The second-order valence-electron chi connectivity index (χ2n) is 7.48. The Bertz CT molecular complexity index is 567. The van der Waals surface area contributed by atoms with Gasteiger partial charge in [0.05, 0.1) is 12.7 Å². The maximum absolute atomic E-state index is 14.4. The van der Waals surface area contributed by atoms with Crippen LogP contribution in [0.4, 0.5) is 8.78 Å². The molecule has 0 radical (unpaired) electrons. The highest BCUT2D eigenvalue weighted by Crippen LogP contribution is 2.45. The molecule has 0 heterocycles. The molecule has 4 heteroatoms. The summed E-state index contributed by atoms with van der Waals surface area (Å²) in [6.07, 6.45) is 8.17. The van der Waals surface area contributed by atoms with E-state index in [1.807, 2.05) is 0 Å². The number of benzene rings is 1. The highest BCUT2D eigenvalue weighted by molar-refractivity contribution is 5.33. The molecule has 2 saturated carbocycles. The number of rotatable bonds is 6. The van der Waals surface area contributed by atoms with E-state index in [0.29, 0.717) is 18.3 Å². The molecule has 0 amide bonds. The van der Waals surface area contributed by atoms with Gasteiger partial charge in [-0.2, -0.15) is 4.39 Å². The third-order valence-corrected chi connectivity index (χ3v) is 6.08. The molecular formula is C21H30F2O2. The van der Waals surface area contributed by atoms with E-state index >= 15 is 0 Å². The van der Waals surface area contributed by atoms with Gasteiger partial charge in [0.2, 0.25) is 5.82 Å². The van der Waals surface area contributed by atoms with Gasteiger partial charge in [-0.15, -0.1) is 0 Å². The first-order valence-electron chi connectivity index (χ1n) is 9.86. The molecule has 2 unspecified atom stereocenters. The van der Waals surface area contributed by atoms with Gasteiger partial charge in [0, 0.05) is 6.61 Å². The van der Waals surface area contributed by atoms with Crippen molar-refractivity contribution in [1.29, 1.82) is 0 Å². The van der Waals surface area contributed by atoms with Crippen LogP contribution in [0, 0.1) is 23.5 Å². The molecular weight excluding hydrogens is 322 g/mol. The molecule has 0 spiro atoms. The fourth-order valence-electron chi connectivity index (χ4n) is 4.82. The summed E-state index contributed by atoms with van der Waals surface area (Å²) in [5, 5.41) is 0. The summed E-state index contributed by atoms with van der Waals surface area (Å²) < 4.78 is 39.5. The van der Waals surface area contributed by atoms with Crippen LogP contribution in [0.2, 0.25) is 0 Å². The van der Waals surface area contributed by atoms with E-state index in [9.17, 15) is 8.78 Å². The van der Waals surface area contributed by atoms with Crippen molar-refractivity contribution >= 4 is 0 Å². The average molecular weight is 352 g/mol. The van der Waals surface area contributed by atoms with E-state index in [1.165, 1.54) is 19.3 Å². The first kappa shape index (κ1) is 18.6. The Labute approximate surface area is 149 Å². The number of hydrogen-bond donors (Lipinski definition) is 0. The number of ether oxygens (including phenoxy) is 2. The van der Waals surface area contributed by atoms with Gasteiger partial charge in [0.1, 0.15) is 0 Å². The van der Waals surface area contributed by atoms with Crippen LogP contribution < -0.4 is 4.74 Å². The summed E-state index contributed by atoms with van der Waals surface area (Å²) in [4.78, 5) is 0. The molecule has 1 aromatic carbocycles. The topological polar surface area (TPSA) is 18.5 Å². The number of hydrogen-bond acceptors (Lipinski definition) is 2. The highest BCUT2D eigenvalue weighted by Gasteiger charge is 2.34. The van der Waals surface area contributed by atoms with E-state index in [-0.39, 0.29) is 11.7 Å². The van der Waals surface area contributed by atoms with Gasteiger partial charge in [0.25, 0.3) is 0 Å². The van der Waals surface area contributed by atoms with Crippen LogP contribution in [0.3, 0.4) is 0 Å². The van der Waals surface area contributed by atoms with Gasteiger partial charge in [-0.25, -0.2) is 4.39 Å². The molecule has 0 N–H and O–H groups in total. The second-order valence-corrected chi connectivity index (χ2v) is 7.48. The van der Waals surface area contributed by atoms with E-state index in [0.717, 1.165) is 44.1 Å². The van der Waals surface area contributed by atoms with Crippen molar-refractivity contribution in [2.75, 3.05) is 13.2 Å². The summed E-state index contributed by atoms with van der Waals surface area (Å²) in [6.45, 7) is 4.96. The summed E-state index contributed by atoms with van der Waals surface area (Å²) in [6, 6.07) is 3.29. The van der Waals surface area contributed by atoms with Crippen LogP contribution in [-0.2, 0) is 4.74 Å². The van der Waals surface area contributed by atoms with Gasteiger partial charge in [-0.1, -0.05) is 6.07 Å². The maximum Gasteiger partial charge on any atom is 0.200 e. The molecule has 0 saturated heterocycles. The molecule has 0 aromatic heterocycles. The maximum atomic E-state index is 14.4. The van der Waals surface area contributed by atoms with Crippen molar-refractivity contribution in [3.63, 3.8) is 0 Å². The Balaban J connectivity index is 1.58. The molecule has 2 aliphatic carbocycles. The molecule has 0 aliphatic heterocycles. The molecule has 2 atom stereocenters. The van der Waals surface area contributed by atoms with Crippen molar-refractivity contribution in [2.45, 2.75) is 70.8 Å². The van der Waals surface area contributed by atoms with Gasteiger partial charge in [-0.05, 0) is 88.2 Å². The fourth-order valence-corrected chi connectivity index (χ4v) is 4.82. The van der Waals surface area contributed by atoms with Crippen LogP contribution in [0.25, 0.3) is 0 Å². The van der Waals surface area contributed by atoms with Crippen molar-refractivity contribution in [3.8, 4) is 5.75 Å². The molecule has 3 rings (SSSR count). The summed E-state index contributed by atoms with van der Waals surface area (Å²) in [5.41, 5.74) is 0.526. The standard InChI is InChI=1S/C21H30F2O2/c1-3-24-17-10-9-16(13-17)14-5-7-15(8-6-14)18-11-12-19(25-4-2)21(23)20(18)22/h11-12,14-17H,3-10,13H2,1-2H3. The highest BCUT2D eigenvalue weighted by atomic mass is 19.2.